The maximum Gasteiger partial charge on any atom is 0.121 e. The van der Waals surface area contributed by atoms with Gasteiger partial charge in [0.05, 0.1) is 7.11 Å². The zero-order valence-corrected chi connectivity index (χ0v) is 11.7. The fraction of sp³-hybridized carbons (Fsp3) is 0.294. The number of methoxy groups -OCH3 is 1. The first-order chi connectivity index (χ1) is 9.22. The Morgan fingerprint density at radius 3 is 2.00 bits per heavy atom. The molecule has 1 atom stereocenters. The molecule has 0 amide bonds. The van der Waals surface area contributed by atoms with Crippen molar-refractivity contribution in [3.05, 3.63) is 59.7 Å². The van der Waals surface area contributed by atoms with Crippen molar-refractivity contribution >= 4 is 0 Å². The van der Waals surface area contributed by atoms with Gasteiger partial charge in [-0.1, -0.05) is 31.2 Å². The minimum absolute atomic E-state index is 0.0263. The van der Waals surface area contributed by atoms with Gasteiger partial charge in [0.2, 0.25) is 0 Å². The van der Waals surface area contributed by atoms with Gasteiger partial charge in [-0.2, -0.15) is 0 Å². The second-order valence-electron chi connectivity index (χ2n) is 4.53. The lowest BCUT2D eigenvalue weighted by Gasteiger charge is -2.15. The summed E-state index contributed by atoms with van der Waals surface area (Å²) in [5, 5.41) is 0. The van der Waals surface area contributed by atoms with E-state index in [9.17, 15) is 0 Å². The zero-order chi connectivity index (χ0) is 13.7. The average Bonchev–Trinajstić information content (AvgIpc) is 2.48. The van der Waals surface area contributed by atoms with E-state index in [1.807, 2.05) is 36.4 Å². The first kappa shape index (κ1) is 13.5. The molecule has 2 heteroatoms. The zero-order valence-electron chi connectivity index (χ0n) is 11.7. The predicted molar refractivity (Wildman–Crippen MR) is 77.9 cm³/mol. The van der Waals surface area contributed by atoms with E-state index in [2.05, 4.69) is 26.0 Å². The van der Waals surface area contributed by atoms with Crippen molar-refractivity contribution in [2.75, 3.05) is 7.11 Å². The topological polar surface area (TPSA) is 18.5 Å². The Morgan fingerprint density at radius 2 is 1.47 bits per heavy atom. The van der Waals surface area contributed by atoms with Gasteiger partial charge in [-0.15, -0.1) is 0 Å². The van der Waals surface area contributed by atoms with Gasteiger partial charge < -0.3 is 9.47 Å². The normalized spacial score (nSPS) is 11.9. The van der Waals surface area contributed by atoms with E-state index in [4.69, 9.17) is 9.47 Å². The summed E-state index contributed by atoms with van der Waals surface area (Å²) in [6, 6.07) is 16.2. The molecule has 0 spiro atoms. The van der Waals surface area contributed by atoms with E-state index in [0.29, 0.717) is 0 Å². The Bertz CT molecular complexity index is 500. The third-order valence-electron chi connectivity index (χ3n) is 3.23. The largest absolute Gasteiger partial charge is 0.497 e. The van der Waals surface area contributed by atoms with Gasteiger partial charge in [-0.3, -0.25) is 0 Å². The Balaban J connectivity index is 2.04. The maximum atomic E-state index is 5.93. The van der Waals surface area contributed by atoms with Gasteiger partial charge in [0, 0.05) is 0 Å². The minimum atomic E-state index is 0.0263. The lowest BCUT2D eigenvalue weighted by molar-refractivity contribution is 0.227. The molecule has 2 aromatic rings. The maximum absolute atomic E-state index is 5.93. The van der Waals surface area contributed by atoms with Gasteiger partial charge in [-0.25, -0.2) is 0 Å². The van der Waals surface area contributed by atoms with Crippen LogP contribution >= 0.6 is 0 Å². The summed E-state index contributed by atoms with van der Waals surface area (Å²) in [5.41, 5.74) is 2.46. The second kappa shape index (κ2) is 6.28. The van der Waals surface area contributed by atoms with Crippen LogP contribution in [0, 0.1) is 0 Å². The Kier molecular flexibility index (Phi) is 4.45. The van der Waals surface area contributed by atoms with Gasteiger partial charge in [0.15, 0.2) is 0 Å². The van der Waals surface area contributed by atoms with Crippen molar-refractivity contribution in [3.8, 4) is 11.5 Å². The molecule has 0 bridgehead atoms. The molecule has 0 fully saturated rings. The molecule has 1 unspecified atom stereocenters. The molecule has 2 rings (SSSR count). The van der Waals surface area contributed by atoms with Crippen LogP contribution in [0.4, 0.5) is 0 Å². The van der Waals surface area contributed by atoms with Crippen LogP contribution in [-0.4, -0.2) is 7.11 Å². The molecule has 0 N–H and O–H groups in total. The van der Waals surface area contributed by atoms with Crippen LogP contribution < -0.4 is 9.47 Å². The molecule has 0 aliphatic heterocycles. The highest BCUT2D eigenvalue weighted by Gasteiger charge is 2.07. The predicted octanol–water partition coefficient (Wildman–Crippen LogP) is 4.40. The Morgan fingerprint density at radius 1 is 0.895 bits per heavy atom. The van der Waals surface area contributed by atoms with Crippen molar-refractivity contribution < 1.29 is 9.47 Å². The van der Waals surface area contributed by atoms with E-state index in [1.54, 1.807) is 7.11 Å². The van der Waals surface area contributed by atoms with Crippen molar-refractivity contribution in [2.24, 2.45) is 0 Å². The summed E-state index contributed by atoms with van der Waals surface area (Å²) in [6.07, 6.45) is 1.08. The number of rotatable bonds is 5. The Hall–Kier alpha value is -1.96. The van der Waals surface area contributed by atoms with E-state index in [0.717, 1.165) is 23.5 Å². The number of hydrogen-bond acceptors (Lipinski definition) is 2. The molecule has 2 aromatic carbocycles. The second-order valence-corrected chi connectivity index (χ2v) is 4.53. The number of hydrogen-bond donors (Lipinski definition) is 0. The van der Waals surface area contributed by atoms with Gasteiger partial charge in [0.25, 0.3) is 0 Å². The number of benzene rings is 2. The molecule has 0 radical (unpaired) electrons. The molecule has 0 aliphatic carbocycles. The summed E-state index contributed by atoms with van der Waals surface area (Å²) in [6.45, 7) is 4.20. The Labute approximate surface area is 115 Å². The van der Waals surface area contributed by atoms with Gasteiger partial charge in [0.1, 0.15) is 17.6 Å². The monoisotopic (exact) mass is 256 g/mol. The first-order valence-electron chi connectivity index (χ1n) is 6.62. The molecule has 100 valence electrons. The molecule has 0 aromatic heterocycles. The van der Waals surface area contributed by atoms with Crippen molar-refractivity contribution in [2.45, 2.75) is 26.4 Å². The lowest BCUT2D eigenvalue weighted by atomic mass is 10.1. The molecular weight excluding hydrogens is 236 g/mol. The first-order valence-corrected chi connectivity index (χ1v) is 6.62. The van der Waals surface area contributed by atoms with E-state index < -0.39 is 0 Å². The van der Waals surface area contributed by atoms with Gasteiger partial charge >= 0.3 is 0 Å². The van der Waals surface area contributed by atoms with Crippen LogP contribution in [0.15, 0.2) is 48.5 Å². The van der Waals surface area contributed by atoms with Crippen molar-refractivity contribution in [1.82, 2.24) is 0 Å². The molecule has 0 heterocycles. The highest BCUT2D eigenvalue weighted by molar-refractivity contribution is 5.31. The highest BCUT2D eigenvalue weighted by Crippen LogP contribution is 2.23. The van der Waals surface area contributed by atoms with Crippen LogP contribution in [0.25, 0.3) is 0 Å². The highest BCUT2D eigenvalue weighted by atomic mass is 16.5. The van der Waals surface area contributed by atoms with Crippen molar-refractivity contribution in [3.63, 3.8) is 0 Å². The quantitative estimate of drug-likeness (QED) is 0.789. The van der Waals surface area contributed by atoms with E-state index in [1.165, 1.54) is 5.56 Å². The molecule has 0 saturated heterocycles. The van der Waals surface area contributed by atoms with Crippen molar-refractivity contribution in [1.29, 1.82) is 0 Å². The van der Waals surface area contributed by atoms with E-state index in [-0.39, 0.29) is 6.10 Å². The molecule has 2 nitrogen and oxygen atoms in total. The SMILES string of the molecule is CCc1ccc(OC(C)c2ccc(OC)cc2)cc1. The average molecular weight is 256 g/mol. The number of ether oxygens (including phenoxy) is 2. The third kappa shape index (κ3) is 3.50. The summed E-state index contributed by atoms with van der Waals surface area (Å²) >= 11 is 0. The van der Waals surface area contributed by atoms with Crippen LogP contribution in [0.5, 0.6) is 11.5 Å². The van der Waals surface area contributed by atoms with Gasteiger partial charge in [-0.05, 0) is 48.7 Å². The lowest BCUT2D eigenvalue weighted by Crippen LogP contribution is -2.03. The molecule has 0 aliphatic rings. The van der Waals surface area contributed by atoms with Crippen LogP contribution in [0.3, 0.4) is 0 Å². The van der Waals surface area contributed by atoms with Crippen LogP contribution in [0.1, 0.15) is 31.1 Å². The summed E-state index contributed by atoms with van der Waals surface area (Å²) in [7, 11) is 1.67. The van der Waals surface area contributed by atoms with Crippen LogP contribution in [-0.2, 0) is 6.42 Å². The fourth-order valence-corrected chi connectivity index (χ4v) is 1.95. The van der Waals surface area contributed by atoms with Crippen LogP contribution in [0.2, 0.25) is 0 Å². The number of aryl methyl sites for hydroxylation is 1. The van der Waals surface area contributed by atoms with E-state index >= 15 is 0 Å². The summed E-state index contributed by atoms with van der Waals surface area (Å²) < 4.78 is 11.1. The minimum Gasteiger partial charge on any atom is -0.497 e. The molecular formula is C17H20O2. The summed E-state index contributed by atoms with van der Waals surface area (Å²) in [4.78, 5) is 0. The molecule has 19 heavy (non-hydrogen) atoms. The summed E-state index contributed by atoms with van der Waals surface area (Å²) in [5.74, 6) is 1.77. The standard InChI is InChI=1S/C17H20O2/c1-4-14-5-9-17(10-6-14)19-13(2)15-7-11-16(18-3)12-8-15/h5-13H,4H2,1-3H3. The molecule has 0 saturated carbocycles. The fourth-order valence-electron chi connectivity index (χ4n) is 1.95. The third-order valence-corrected chi connectivity index (χ3v) is 3.23. The smallest absolute Gasteiger partial charge is 0.121 e.